The Bertz CT molecular complexity index is 577. The van der Waals surface area contributed by atoms with E-state index in [2.05, 4.69) is 16.3 Å². The molecule has 21 heavy (non-hydrogen) atoms. The van der Waals surface area contributed by atoms with Crippen LogP contribution < -0.4 is 5.32 Å². The molecule has 0 amide bonds. The Morgan fingerprint density at radius 3 is 2.10 bits per heavy atom. The molecule has 0 atom stereocenters. The van der Waals surface area contributed by atoms with Gasteiger partial charge in [-0.1, -0.05) is 30.3 Å². The summed E-state index contributed by atoms with van der Waals surface area (Å²) >= 11 is 0. The van der Waals surface area contributed by atoms with Crippen molar-refractivity contribution in [2.75, 3.05) is 14.1 Å². The minimum absolute atomic E-state index is 0.0857. The topological polar surface area (TPSA) is 15.3 Å². The Morgan fingerprint density at radius 1 is 0.857 bits per heavy atom. The summed E-state index contributed by atoms with van der Waals surface area (Å²) in [6.45, 7) is 1.60. The van der Waals surface area contributed by atoms with E-state index >= 15 is 0 Å². The van der Waals surface area contributed by atoms with Gasteiger partial charge in [-0.25, -0.2) is 8.78 Å². The lowest BCUT2D eigenvalue weighted by Crippen LogP contribution is -2.18. The zero-order valence-electron chi connectivity index (χ0n) is 12.4. The molecule has 0 aromatic heterocycles. The molecule has 2 nitrogen and oxygen atoms in total. The maximum atomic E-state index is 13.5. The minimum Gasteiger partial charge on any atom is -0.308 e. The predicted molar refractivity (Wildman–Crippen MR) is 80.7 cm³/mol. The summed E-state index contributed by atoms with van der Waals surface area (Å²) in [4.78, 5) is 2.09. The first-order valence-electron chi connectivity index (χ1n) is 6.93. The van der Waals surface area contributed by atoms with E-state index < -0.39 is 11.6 Å². The molecule has 0 aliphatic carbocycles. The van der Waals surface area contributed by atoms with Crippen LogP contribution in [0.4, 0.5) is 8.78 Å². The molecule has 0 heterocycles. The molecule has 2 aromatic rings. The lowest BCUT2D eigenvalue weighted by atomic mass is 10.1. The van der Waals surface area contributed by atoms with E-state index in [0.717, 1.165) is 12.1 Å². The molecular weight excluding hydrogens is 270 g/mol. The zero-order chi connectivity index (χ0) is 15.2. The average molecular weight is 290 g/mol. The maximum Gasteiger partial charge on any atom is 0.130 e. The van der Waals surface area contributed by atoms with Gasteiger partial charge in [0.15, 0.2) is 0 Å². The molecular formula is C17H20F2N2. The number of nitrogens with one attached hydrogen (secondary N) is 1. The number of rotatable bonds is 6. The maximum absolute atomic E-state index is 13.5. The average Bonchev–Trinajstić information content (AvgIpc) is 2.43. The third kappa shape index (κ3) is 4.34. The second-order valence-corrected chi connectivity index (χ2v) is 5.31. The fourth-order valence-corrected chi connectivity index (χ4v) is 2.25. The summed E-state index contributed by atoms with van der Waals surface area (Å²) < 4.78 is 27.1. The van der Waals surface area contributed by atoms with E-state index in [1.165, 1.54) is 23.8 Å². The van der Waals surface area contributed by atoms with Crippen LogP contribution in [-0.4, -0.2) is 19.0 Å². The zero-order valence-corrected chi connectivity index (χ0v) is 12.4. The second kappa shape index (κ2) is 7.29. The summed E-state index contributed by atoms with van der Waals surface area (Å²) in [5.74, 6) is -1.02. The van der Waals surface area contributed by atoms with Crippen LogP contribution in [0.2, 0.25) is 0 Å². The highest BCUT2D eigenvalue weighted by atomic mass is 19.1. The number of hydrogen-bond donors (Lipinski definition) is 1. The van der Waals surface area contributed by atoms with Gasteiger partial charge in [0.25, 0.3) is 0 Å². The fraction of sp³-hybridized carbons (Fsp3) is 0.294. The molecule has 0 aliphatic heterocycles. The van der Waals surface area contributed by atoms with E-state index in [-0.39, 0.29) is 12.1 Å². The Labute approximate surface area is 124 Å². The fourth-order valence-electron chi connectivity index (χ4n) is 2.25. The first-order valence-corrected chi connectivity index (χ1v) is 6.93. The van der Waals surface area contributed by atoms with Crippen LogP contribution in [0.15, 0.2) is 42.5 Å². The van der Waals surface area contributed by atoms with Crippen LogP contribution in [0.3, 0.4) is 0 Å². The lowest BCUT2D eigenvalue weighted by molar-refractivity contribution is 0.400. The Morgan fingerprint density at radius 2 is 1.48 bits per heavy atom. The largest absolute Gasteiger partial charge is 0.308 e. The van der Waals surface area contributed by atoms with E-state index in [1.807, 2.05) is 32.3 Å². The molecule has 1 N–H and O–H groups in total. The molecule has 112 valence electrons. The van der Waals surface area contributed by atoms with E-state index in [0.29, 0.717) is 6.54 Å². The van der Waals surface area contributed by atoms with Gasteiger partial charge in [-0.05, 0) is 37.4 Å². The van der Waals surface area contributed by atoms with Crippen molar-refractivity contribution in [3.05, 3.63) is 70.8 Å². The Kier molecular flexibility index (Phi) is 5.42. The van der Waals surface area contributed by atoms with Crippen LogP contribution in [0.1, 0.15) is 16.7 Å². The normalized spacial score (nSPS) is 11.1. The third-order valence-electron chi connectivity index (χ3n) is 3.28. The van der Waals surface area contributed by atoms with Gasteiger partial charge in [-0.15, -0.1) is 0 Å². The highest BCUT2D eigenvalue weighted by molar-refractivity contribution is 5.27. The Balaban J connectivity index is 2.01. The van der Waals surface area contributed by atoms with Crippen LogP contribution in [0.25, 0.3) is 0 Å². The second-order valence-electron chi connectivity index (χ2n) is 5.31. The van der Waals surface area contributed by atoms with Crippen molar-refractivity contribution in [1.82, 2.24) is 10.2 Å². The molecule has 0 bridgehead atoms. The van der Waals surface area contributed by atoms with Crippen LogP contribution in [-0.2, 0) is 19.6 Å². The number of hydrogen-bond acceptors (Lipinski definition) is 2. The van der Waals surface area contributed by atoms with Crippen molar-refractivity contribution in [2.45, 2.75) is 19.6 Å². The summed E-state index contributed by atoms with van der Waals surface area (Å²) in [5.41, 5.74) is 2.44. The van der Waals surface area contributed by atoms with Gasteiger partial charge < -0.3 is 10.2 Å². The molecule has 0 radical (unpaired) electrons. The quantitative estimate of drug-likeness (QED) is 0.878. The number of nitrogens with zero attached hydrogens (tertiary/aromatic N) is 1. The minimum atomic E-state index is -0.510. The first-order chi connectivity index (χ1) is 10.1. The van der Waals surface area contributed by atoms with Gasteiger partial charge in [0.1, 0.15) is 11.6 Å². The molecule has 0 aliphatic rings. The molecule has 0 saturated carbocycles. The highest BCUT2D eigenvalue weighted by Crippen LogP contribution is 2.13. The summed E-state index contributed by atoms with van der Waals surface area (Å²) in [7, 11) is 4.03. The summed E-state index contributed by atoms with van der Waals surface area (Å²) in [6, 6.07) is 12.0. The SMILES string of the molecule is CN(C)Cc1ccccc1CNCc1c(F)cccc1F. The third-order valence-corrected chi connectivity index (χ3v) is 3.28. The van der Waals surface area contributed by atoms with E-state index in [1.54, 1.807) is 0 Å². The van der Waals surface area contributed by atoms with Crippen molar-refractivity contribution in [1.29, 1.82) is 0 Å². The van der Waals surface area contributed by atoms with Gasteiger partial charge in [-0.3, -0.25) is 0 Å². The van der Waals surface area contributed by atoms with Crippen LogP contribution >= 0.6 is 0 Å². The van der Waals surface area contributed by atoms with E-state index in [4.69, 9.17) is 0 Å². The van der Waals surface area contributed by atoms with Crippen molar-refractivity contribution in [3.63, 3.8) is 0 Å². The Hall–Kier alpha value is -1.78. The van der Waals surface area contributed by atoms with Crippen LogP contribution in [0.5, 0.6) is 0 Å². The van der Waals surface area contributed by atoms with Gasteiger partial charge in [0, 0.05) is 25.2 Å². The van der Waals surface area contributed by atoms with E-state index in [9.17, 15) is 8.78 Å². The van der Waals surface area contributed by atoms with Gasteiger partial charge in [-0.2, -0.15) is 0 Å². The molecule has 2 aromatic carbocycles. The highest BCUT2D eigenvalue weighted by Gasteiger charge is 2.08. The summed E-state index contributed by atoms with van der Waals surface area (Å²) in [6.07, 6.45) is 0. The lowest BCUT2D eigenvalue weighted by Gasteiger charge is -2.15. The van der Waals surface area contributed by atoms with Gasteiger partial charge >= 0.3 is 0 Å². The monoisotopic (exact) mass is 290 g/mol. The molecule has 2 rings (SSSR count). The van der Waals surface area contributed by atoms with Crippen molar-refractivity contribution < 1.29 is 8.78 Å². The number of benzene rings is 2. The van der Waals surface area contributed by atoms with Gasteiger partial charge in [0.05, 0.1) is 0 Å². The van der Waals surface area contributed by atoms with Gasteiger partial charge in [0.2, 0.25) is 0 Å². The summed E-state index contributed by atoms with van der Waals surface area (Å²) in [5, 5.41) is 3.11. The molecule has 0 spiro atoms. The van der Waals surface area contributed by atoms with Crippen molar-refractivity contribution in [2.24, 2.45) is 0 Å². The standard InChI is InChI=1S/C17H20F2N2/c1-21(2)12-14-7-4-3-6-13(14)10-20-11-15-16(18)8-5-9-17(15)19/h3-9,20H,10-12H2,1-2H3. The van der Waals surface area contributed by atoms with Crippen LogP contribution in [0, 0.1) is 11.6 Å². The smallest absolute Gasteiger partial charge is 0.130 e. The predicted octanol–water partition coefficient (Wildman–Crippen LogP) is 3.32. The molecule has 0 fully saturated rings. The van der Waals surface area contributed by atoms with Crippen molar-refractivity contribution in [3.8, 4) is 0 Å². The molecule has 0 unspecified atom stereocenters. The first kappa shape index (κ1) is 15.6. The molecule has 0 saturated heterocycles. The number of halogens is 2. The molecule has 4 heteroatoms. The van der Waals surface area contributed by atoms with Crippen molar-refractivity contribution >= 4 is 0 Å².